The average Bonchev–Trinajstić information content (AvgIpc) is 2.02. The van der Waals surface area contributed by atoms with Gasteiger partial charge in [0.15, 0.2) is 0 Å². The molecule has 0 radical (unpaired) electrons. The van der Waals surface area contributed by atoms with Crippen LogP contribution in [0.25, 0.3) is 0 Å². The van der Waals surface area contributed by atoms with Crippen molar-refractivity contribution in [3.63, 3.8) is 0 Å². The largest absolute Gasteiger partial charge is 0.0911 e. The topological polar surface area (TPSA) is 0 Å². The van der Waals surface area contributed by atoms with Gasteiger partial charge in [-0.2, -0.15) is 0 Å². The van der Waals surface area contributed by atoms with Crippen LogP contribution in [0, 0.1) is 11.3 Å². The third kappa shape index (κ3) is 6.01. The van der Waals surface area contributed by atoms with Crippen LogP contribution in [0.3, 0.4) is 0 Å². The zero-order chi connectivity index (χ0) is 11.2. The summed E-state index contributed by atoms with van der Waals surface area (Å²) in [5, 5.41) is 0. The van der Waals surface area contributed by atoms with Crippen LogP contribution in [0.5, 0.6) is 0 Å². The van der Waals surface area contributed by atoms with Crippen molar-refractivity contribution in [2.75, 3.05) is 0 Å². The van der Waals surface area contributed by atoms with E-state index in [2.05, 4.69) is 59.8 Å². The highest BCUT2D eigenvalue weighted by Gasteiger charge is 2.16. The molecule has 0 saturated heterocycles. The van der Waals surface area contributed by atoms with E-state index in [9.17, 15) is 0 Å². The third-order valence-corrected chi connectivity index (χ3v) is 2.59. The van der Waals surface area contributed by atoms with Gasteiger partial charge < -0.3 is 0 Å². The minimum absolute atomic E-state index is 0.332. The van der Waals surface area contributed by atoms with E-state index in [0.717, 1.165) is 0 Å². The molecule has 0 aliphatic carbocycles. The quantitative estimate of drug-likeness (QED) is 0.542. The molecule has 0 aliphatic rings. The molecule has 0 aromatic heterocycles. The lowest BCUT2D eigenvalue weighted by atomic mass is 9.82. The smallest absolute Gasteiger partial charge is 0.0169 e. The first kappa shape index (κ1) is 13.5. The molecule has 0 spiro atoms. The highest BCUT2D eigenvalue weighted by Crippen LogP contribution is 2.28. The molecular formula is C14H26. The van der Waals surface area contributed by atoms with Crippen molar-refractivity contribution in [2.24, 2.45) is 11.3 Å². The van der Waals surface area contributed by atoms with E-state index in [0.29, 0.717) is 11.3 Å². The summed E-state index contributed by atoms with van der Waals surface area (Å²) in [4.78, 5) is 0. The zero-order valence-electron chi connectivity index (χ0n) is 10.7. The summed E-state index contributed by atoms with van der Waals surface area (Å²) in [6.45, 7) is 13.5. The Balaban J connectivity index is 4.24. The van der Waals surface area contributed by atoms with Gasteiger partial charge in [0.1, 0.15) is 0 Å². The summed E-state index contributed by atoms with van der Waals surface area (Å²) < 4.78 is 0. The average molecular weight is 194 g/mol. The van der Waals surface area contributed by atoms with Gasteiger partial charge in [-0.1, -0.05) is 51.5 Å². The van der Waals surface area contributed by atoms with Crippen LogP contribution in [0.2, 0.25) is 0 Å². The predicted molar refractivity (Wildman–Crippen MR) is 66.4 cm³/mol. The SMILES string of the molecule is C/C=C/C(C)(C)CC(C)/C=C(\C)CC. The summed E-state index contributed by atoms with van der Waals surface area (Å²) in [6, 6.07) is 0. The first-order valence-electron chi connectivity index (χ1n) is 5.72. The monoisotopic (exact) mass is 194 g/mol. The predicted octanol–water partition coefficient (Wildman–Crippen LogP) is 4.97. The Bertz CT molecular complexity index is 206. The van der Waals surface area contributed by atoms with E-state index >= 15 is 0 Å². The van der Waals surface area contributed by atoms with Crippen molar-refractivity contribution in [3.8, 4) is 0 Å². The van der Waals surface area contributed by atoms with Crippen LogP contribution < -0.4 is 0 Å². The van der Waals surface area contributed by atoms with Crippen molar-refractivity contribution in [3.05, 3.63) is 23.8 Å². The lowest BCUT2D eigenvalue weighted by molar-refractivity contribution is 0.385. The van der Waals surface area contributed by atoms with E-state index in [1.807, 2.05) is 0 Å². The highest BCUT2D eigenvalue weighted by atomic mass is 14.2. The van der Waals surface area contributed by atoms with Crippen molar-refractivity contribution < 1.29 is 0 Å². The van der Waals surface area contributed by atoms with Crippen LogP contribution in [-0.2, 0) is 0 Å². The highest BCUT2D eigenvalue weighted by molar-refractivity contribution is 5.02. The second-order valence-corrected chi connectivity index (χ2v) is 5.04. The Kier molecular flexibility index (Phi) is 5.83. The molecule has 0 rings (SSSR count). The maximum atomic E-state index is 2.41. The Morgan fingerprint density at radius 2 is 1.93 bits per heavy atom. The van der Waals surface area contributed by atoms with Crippen molar-refractivity contribution in [2.45, 2.75) is 54.4 Å². The van der Waals surface area contributed by atoms with Crippen LogP contribution in [0.1, 0.15) is 54.4 Å². The molecule has 0 aliphatic heterocycles. The molecule has 0 heterocycles. The molecule has 0 nitrogen and oxygen atoms in total. The molecule has 0 aromatic rings. The summed E-state index contributed by atoms with van der Waals surface area (Å²) in [7, 11) is 0. The summed E-state index contributed by atoms with van der Waals surface area (Å²) in [6.07, 6.45) is 9.27. The summed E-state index contributed by atoms with van der Waals surface area (Å²) in [5.41, 5.74) is 1.84. The minimum Gasteiger partial charge on any atom is -0.0911 e. The minimum atomic E-state index is 0.332. The van der Waals surface area contributed by atoms with E-state index in [1.54, 1.807) is 0 Å². The normalized spacial score (nSPS) is 16.3. The molecule has 0 fully saturated rings. The molecule has 0 bridgehead atoms. The van der Waals surface area contributed by atoms with Crippen molar-refractivity contribution >= 4 is 0 Å². The Morgan fingerprint density at radius 1 is 1.36 bits per heavy atom. The Labute approximate surface area is 90.1 Å². The number of hydrogen-bond donors (Lipinski definition) is 0. The van der Waals surface area contributed by atoms with Gasteiger partial charge in [0.05, 0.1) is 0 Å². The van der Waals surface area contributed by atoms with E-state index in [-0.39, 0.29) is 0 Å². The number of rotatable bonds is 5. The summed E-state index contributed by atoms with van der Waals surface area (Å²) in [5.74, 6) is 0.682. The fourth-order valence-corrected chi connectivity index (χ4v) is 2.01. The molecular weight excluding hydrogens is 168 g/mol. The maximum absolute atomic E-state index is 2.41. The molecule has 1 unspecified atom stereocenters. The van der Waals surface area contributed by atoms with Crippen molar-refractivity contribution in [1.29, 1.82) is 0 Å². The molecule has 0 saturated carbocycles. The molecule has 0 amide bonds. The van der Waals surface area contributed by atoms with Gasteiger partial charge in [0, 0.05) is 0 Å². The van der Waals surface area contributed by atoms with Gasteiger partial charge in [0.2, 0.25) is 0 Å². The fourth-order valence-electron chi connectivity index (χ4n) is 2.01. The van der Waals surface area contributed by atoms with Crippen molar-refractivity contribution in [1.82, 2.24) is 0 Å². The van der Waals surface area contributed by atoms with Crippen LogP contribution >= 0.6 is 0 Å². The fraction of sp³-hybridized carbons (Fsp3) is 0.714. The van der Waals surface area contributed by atoms with Crippen LogP contribution in [-0.4, -0.2) is 0 Å². The molecule has 0 heteroatoms. The zero-order valence-corrected chi connectivity index (χ0v) is 10.7. The van der Waals surface area contributed by atoms with Gasteiger partial charge >= 0.3 is 0 Å². The number of allylic oxidation sites excluding steroid dienone is 4. The summed E-state index contributed by atoms with van der Waals surface area (Å²) >= 11 is 0. The van der Waals surface area contributed by atoms with Gasteiger partial charge in [-0.05, 0) is 38.0 Å². The van der Waals surface area contributed by atoms with Crippen LogP contribution in [0.4, 0.5) is 0 Å². The van der Waals surface area contributed by atoms with Crippen LogP contribution in [0.15, 0.2) is 23.8 Å². The molecule has 14 heavy (non-hydrogen) atoms. The number of hydrogen-bond acceptors (Lipinski definition) is 0. The molecule has 0 N–H and O–H groups in total. The van der Waals surface area contributed by atoms with E-state index in [4.69, 9.17) is 0 Å². The standard InChI is InChI=1S/C14H26/c1-7-9-14(5,6)11-13(4)10-12(3)8-2/h7,9-10,13H,8,11H2,1-6H3/b9-7+,12-10+. The van der Waals surface area contributed by atoms with E-state index in [1.165, 1.54) is 18.4 Å². The Morgan fingerprint density at radius 3 is 2.36 bits per heavy atom. The maximum Gasteiger partial charge on any atom is -0.0169 e. The van der Waals surface area contributed by atoms with E-state index < -0.39 is 0 Å². The van der Waals surface area contributed by atoms with Gasteiger partial charge in [-0.25, -0.2) is 0 Å². The Hall–Kier alpha value is -0.520. The first-order valence-corrected chi connectivity index (χ1v) is 5.72. The van der Waals surface area contributed by atoms with Gasteiger partial charge in [0.25, 0.3) is 0 Å². The first-order chi connectivity index (χ1) is 6.41. The second-order valence-electron chi connectivity index (χ2n) is 5.04. The lowest BCUT2D eigenvalue weighted by Crippen LogP contribution is -2.11. The van der Waals surface area contributed by atoms with Gasteiger partial charge in [-0.15, -0.1) is 0 Å². The molecule has 1 atom stereocenters. The molecule has 0 aromatic carbocycles. The lowest BCUT2D eigenvalue weighted by Gasteiger charge is -2.23. The molecule has 82 valence electrons. The van der Waals surface area contributed by atoms with Gasteiger partial charge in [-0.3, -0.25) is 0 Å². The third-order valence-electron chi connectivity index (χ3n) is 2.59. The second kappa shape index (κ2) is 6.06.